The molecule has 112 valence electrons. The van der Waals surface area contributed by atoms with Crippen molar-refractivity contribution in [2.75, 3.05) is 25.5 Å². The molecule has 1 amide bonds. The second kappa shape index (κ2) is 7.59. The number of nitrogens with one attached hydrogen (secondary N) is 1. The molecule has 2 aromatic rings. The molecule has 0 saturated heterocycles. The summed E-state index contributed by atoms with van der Waals surface area (Å²) in [5.41, 5.74) is 7.03. The van der Waals surface area contributed by atoms with Crippen molar-refractivity contribution in [3.8, 4) is 0 Å². The van der Waals surface area contributed by atoms with Crippen LogP contribution in [0.2, 0.25) is 0 Å². The van der Waals surface area contributed by atoms with Crippen LogP contribution < -0.4 is 11.1 Å². The fraction of sp³-hybridized carbons (Fsp3) is 0.375. The van der Waals surface area contributed by atoms with Gasteiger partial charge in [0.15, 0.2) is 0 Å². The number of nitrogens with zero attached hydrogens (tertiary/aromatic N) is 1. The maximum Gasteiger partial charge on any atom is 0.252 e. The molecule has 21 heavy (non-hydrogen) atoms. The number of hydrogen-bond donors (Lipinski definition) is 2. The molecule has 0 spiro atoms. The Morgan fingerprint density at radius 1 is 1.33 bits per heavy atom. The van der Waals surface area contributed by atoms with Crippen molar-refractivity contribution in [2.24, 2.45) is 0 Å². The standard InChI is InChI=1S/C16H21N3O2/c1-2-3-9-21-10-8-18-16(20)13-11-15(17)19-14-7-5-4-6-12(13)14/h4-7,11H,2-3,8-10H2,1H3,(H2,17,19)(H,18,20). The summed E-state index contributed by atoms with van der Waals surface area (Å²) in [4.78, 5) is 16.5. The second-order valence-corrected chi connectivity index (χ2v) is 4.83. The average molecular weight is 287 g/mol. The van der Waals surface area contributed by atoms with E-state index in [4.69, 9.17) is 10.5 Å². The molecule has 0 aliphatic rings. The van der Waals surface area contributed by atoms with Crippen LogP contribution in [-0.2, 0) is 4.74 Å². The monoisotopic (exact) mass is 287 g/mol. The summed E-state index contributed by atoms with van der Waals surface area (Å²) in [5.74, 6) is 0.192. The first kappa shape index (κ1) is 15.3. The van der Waals surface area contributed by atoms with Gasteiger partial charge in [-0.3, -0.25) is 4.79 Å². The van der Waals surface area contributed by atoms with Gasteiger partial charge in [0, 0.05) is 18.5 Å². The first-order valence-corrected chi connectivity index (χ1v) is 7.23. The maximum absolute atomic E-state index is 12.2. The van der Waals surface area contributed by atoms with Crippen LogP contribution in [0.3, 0.4) is 0 Å². The molecule has 0 fully saturated rings. The highest BCUT2D eigenvalue weighted by Gasteiger charge is 2.11. The Labute approximate surface area is 124 Å². The molecule has 1 aromatic heterocycles. The van der Waals surface area contributed by atoms with Crippen molar-refractivity contribution in [1.82, 2.24) is 10.3 Å². The molecule has 0 aliphatic carbocycles. The number of nitrogens with two attached hydrogens (primary N) is 1. The predicted molar refractivity (Wildman–Crippen MR) is 84.2 cm³/mol. The molecular formula is C16H21N3O2. The lowest BCUT2D eigenvalue weighted by Gasteiger charge is -2.09. The Balaban J connectivity index is 1.99. The summed E-state index contributed by atoms with van der Waals surface area (Å²) in [5, 5.41) is 3.65. The zero-order valence-electron chi connectivity index (χ0n) is 12.3. The van der Waals surface area contributed by atoms with Crippen LogP contribution in [0, 0.1) is 0 Å². The van der Waals surface area contributed by atoms with Gasteiger partial charge in [0.05, 0.1) is 17.7 Å². The number of carbonyl (C=O) groups is 1. The number of pyridine rings is 1. The largest absolute Gasteiger partial charge is 0.384 e. The van der Waals surface area contributed by atoms with Crippen LogP contribution in [0.5, 0.6) is 0 Å². The zero-order valence-corrected chi connectivity index (χ0v) is 12.3. The minimum Gasteiger partial charge on any atom is -0.384 e. The number of para-hydroxylation sites is 1. The Kier molecular flexibility index (Phi) is 5.51. The van der Waals surface area contributed by atoms with Crippen molar-refractivity contribution in [1.29, 1.82) is 0 Å². The fourth-order valence-electron chi connectivity index (χ4n) is 2.06. The average Bonchev–Trinajstić information content (AvgIpc) is 2.49. The minimum absolute atomic E-state index is 0.153. The van der Waals surface area contributed by atoms with E-state index < -0.39 is 0 Å². The lowest BCUT2D eigenvalue weighted by atomic mass is 10.1. The quantitative estimate of drug-likeness (QED) is 0.766. The number of carbonyl (C=O) groups excluding carboxylic acids is 1. The van der Waals surface area contributed by atoms with E-state index in [2.05, 4.69) is 17.2 Å². The molecule has 0 bridgehead atoms. The van der Waals surface area contributed by atoms with Crippen LogP contribution in [0.4, 0.5) is 5.82 Å². The molecule has 0 atom stereocenters. The summed E-state index contributed by atoms with van der Waals surface area (Å²) in [7, 11) is 0. The van der Waals surface area contributed by atoms with E-state index in [1.807, 2.05) is 24.3 Å². The summed E-state index contributed by atoms with van der Waals surface area (Å²) in [6.45, 7) is 3.85. The first-order chi connectivity index (χ1) is 10.2. The van der Waals surface area contributed by atoms with Gasteiger partial charge in [-0.15, -0.1) is 0 Å². The van der Waals surface area contributed by atoms with Crippen molar-refractivity contribution in [3.63, 3.8) is 0 Å². The number of amides is 1. The molecule has 0 radical (unpaired) electrons. The SMILES string of the molecule is CCCCOCCNC(=O)c1cc(N)nc2ccccc12. The Morgan fingerprint density at radius 3 is 2.95 bits per heavy atom. The van der Waals surface area contributed by atoms with E-state index in [9.17, 15) is 4.79 Å². The van der Waals surface area contributed by atoms with E-state index in [-0.39, 0.29) is 5.91 Å². The molecule has 1 aromatic carbocycles. The number of unbranched alkanes of at least 4 members (excludes halogenated alkanes) is 1. The third kappa shape index (κ3) is 4.16. The van der Waals surface area contributed by atoms with E-state index >= 15 is 0 Å². The number of hydrogen-bond acceptors (Lipinski definition) is 4. The van der Waals surface area contributed by atoms with E-state index in [1.54, 1.807) is 6.07 Å². The number of anilines is 1. The Morgan fingerprint density at radius 2 is 2.14 bits per heavy atom. The molecule has 0 saturated carbocycles. The van der Waals surface area contributed by atoms with Crippen LogP contribution >= 0.6 is 0 Å². The van der Waals surface area contributed by atoms with Crippen molar-refractivity contribution in [2.45, 2.75) is 19.8 Å². The maximum atomic E-state index is 12.2. The summed E-state index contributed by atoms with van der Waals surface area (Å²) in [6.07, 6.45) is 2.15. The molecule has 5 nitrogen and oxygen atoms in total. The van der Waals surface area contributed by atoms with Gasteiger partial charge in [-0.25, -0.2) is 4.98 Å². The van der Waals surface area contributed by atoms with Crippen LogP contribution in [0.25, 0.3) is 10.9 Å². The zero-order chi connectivity index (χ0) is 15.1. The molecule has 1 heterocycles. The molecule has 5 heteroatoms. The van der Waals surface area contributed by atoms with Crippen molar-refractivity contribution < 1.29 is 9.53 Å². The highest BCUT2D eigenvalue weighted by molar-refractivity contribution is 6.06. The van der Waals surface area contributed by atoms with Gasteiger partial charge in [0.1, 0.15) is 5.82 Å². The van der Waals surface area contributed by atoms with Crippen molar-refractivity contribution in [3.05, 3.63) is 35.9 Å². The van der Waals surface area contributed by atoms with E-state index in [0.717, 1.165) is 30.4 Å². The van der Waals surface area contributed by atoms with E-state index in [0.29, 0.717) is 24.5 Å². The van der Waals surface area contributed by atoms with Crippen LogP contribution in [-0.4, -0.2) is 30.6 Å². The van der Waals surface area contributed by atoms with Crippen LogP contribution in [0.1, 0.15) is 30.1 Å². The van der Waals surface area contributed by atoms with Gasteiger partial charge in [0.2, 0.25) is 0 Å². The lowest BCUT2D eigenvalue weighted by Crippen LogP contribution is -2.27. The Bertz CT molecular complexity index is 613. The number of nitrogen functional groups attached to an aromatic ring is 1. The van der Waals surface area contributed by atoms with Crippen molar-refractivity contribution >= 4 is 22.6 Å². The van der Waals surface area contributed by atoms with Gasteiger partial charge in [-0.05, 0) is 18.6 Å². The van der Waals surface area contributed by atoms with Gasteiger partial charge < -0.3 is 15.8 Å². The third-order valence-electron chi connectivity index (χ3n) is 3.15. The molecular weight excluding hydrogens is 266 g/mol. The van der Waals surface area contributed by atoms with Gasteiger partial charge in [0.25, 0.3) is 5.91 Å². The normalized spacial score (nSPS) is 10.7. The molecule has 0 unspecified atom stereocenters. The predicted octanol–water partition coefficient (Wildman–Crippen LogP) is 2.36. The Hall–Kier alpha value is -2.14. The second-order valence-electron chi connectivity index (χ2n) is 4.83. The number of ether oxygens (including phenoxy) is 1. The van der Waals surface area contributed by atoms with Gasteiger partial charge >= 0.3 is 0 Å². The number of fused-ring (bicyclic) bond motifs is 1. The smallest absolute Gasteiger partial charge is 0.252 e. The highest BCUT2D eigenvalue weighted by Crippen LogP contribution is 2.19. The number of aromatic nitrogens is 1. The topological polar surface area (TPSA) is 77.2 Å². The minimum atomic E-state index is -0.153. The third-order valence-corrected chi connectivity index (χ3v) is 3.15. The summed E-state index contributed by atoms with van der Waals surface area (Å²) in [6, 6.07) is 9.07. The highest BCUT2D eigenvalue weighted by atomic mass is 16.5. The number of rotatable bonds is 7. The molecule has 3 N–H and O–H groups in total. The summed E-state index contributed by atoms with van der Waals surface area (Å²) < 4.78 is 5.42. The first-order valence-electron chi connectivity index (χ1n) is 7.23. The summed E-state index contributed by atoms with van der Waals surface area (Å²) >= 11 is 0. The van der Waals surface area contributed by atoms with Gasteiger partial charge in [-0.2, -0.15) is 0 Å². The van der Waals surface area contributed by atoms with Gasteiger partial charge in [-0.1, -0.05) is 31.5 Å². The molecule has 0 aliphatic heterocycles. The van der Waals surface area contributed by atoms with E-state index in [1.165, 1.54) is 0 Å². The molecule has 2 rings (SSSR count). The lowest BCUT2D eigenvalue weighted by molar-refractivity contribution is 0.0914. The number of benzene rings is 1. The van der Waals surface area contributed by atoms with Crippen LogP contribution in [0.15, 0.2) is 30.3 Å². The fourth-order valence-corrected chi connectivity index (χ4v) is 2.06.